The van der Waals surface area contributed by atoms with Crippen molar-refractivity contribution >= 4 is 11.9 Å². The summed E-state index contributed by atoms with van der Waals surface area (Å²) in [6, 6.07) is 5.90. The van der Waals surface area contributed by atoms with E-state index in [0.717, 1.165) is 5.56 Å². The van der Waals surface area contributed by atoms with Crippen LogP contribution in [0.3, 0.4) is 0 Å². The number of carbonyl (C=O) groups excluding carboxylic acids is 1. The van der Waals surface area contributed by atoms with Crippen LogP contribution in [0.4, 0.5) is 0 Å². The lowest BCUT2D eigenvalue weighted by Crippen LogP contribution is -2.42. The molecule has 0 saturated heterocycles. The zero-order valence-corrected chi connectivity index (χ0v) is 13.8. The molecule has 5 heteroatoms. The fraction of sp³-hybridized carbons (Fsp3) is 0.529. The van der Waals surface area contributed by atoms with E-state index in [-0.39, 0.29) is 0 Å². The van der Waals surface area contributed by atoms with Gasteiger partial charge in [-0.25, -0.2) is 0 Å². The van der Waals surface area contributed by atoms with Gasteiger partial charge in [-0.1, -0.05) is 38.1 Å². The third-order valence-electron chi connectivity index (χ3n) is 3.27. The summed E-state index contributed by atoms with van der Waals surface area (Å²) in [5.41, 5.74) is 6.66. The second-order valence-corrected chi connectivity index (χ2v) is 6.70. The summed E-state index contributed by atoms with van der Waals surface area (Å²) in [6.45, 7) is 9.31. The number of esters is 1. The summed E-state index contributed by atoms with van der Waals surface area (Å²) in [6.07, 6.45) is 0. The van der Waals surface area contributed by atoms with Gasteiger partial charge >= 0.3 is 11.9 Å². The van der Waals surface area contributed by atoms with Gasteiger partial charge in [-0.05, 0) is 37.8 Å². The molecule has 2 atom stereocenters. The first kappa shape index (κ1) is 18.2. The highest BCUT2D eigenvalue weighted by Gasteiger charge is 2.35. The third-order valence-corrected chi connectivity index (χ3v) is 3.27. The predicted molar refractivity (Wildman–Crippen MR) is 84.7 cm³/mol. The average molecular weight is 307 g/mol. The smallest absolute Gasteiger partial charge is 0.321 e. The molecule has 0 aromatic heterocycles. The summed E-state index contributed by atoms with van der Waals surface area (Å²) < 4.78 is 5.32. The van der Waals surface area contributed by atoms with Gasteiger partial charge in [-0.2, -0.15) is 0 Å². The van der Waals surface area contributed by atoms with Gasteiger partial charge in [0.2, 0.25) is 0 Å². The minimum atomic E-state index is -1.35. The minimum absolute atomic E-state index is 0.349. The number of rotatable bonds is 5. The standard InChI is InChI=1S/C17H25NO4/c1-10(2)11-6-8-12(9-7-11)13(14(18)15(19)20)16(21)22-17(3,4)5/h6-10,13-14H,18H2,1-5H3,(H,19,20)/t13-,14-/m1/s1. The molecule has 0 unspecified atom stereocenters. The Balaban J connectivity index is 3.15. The van der Waals surface area contributed by atoms with Crippen LogP contribution in [0.2, 0.25) is 0 Å². The molecule has 1 aromatic rings. The van der Waals surface area contributed by atoms with Crippen molar-refractivity contribution in [1.82, 2.24) is 0 Å². The van der Waals surface area contributed by atoms with E-state index in [1.54, 1.807) is 32.9 Å². The van der Waals surface area contributed by atoms with Crippen molar-refractivity contribution in [3.63, 3.8) is 0 Å². The number of aliphatic carboxylic acids is 1. The van der Waals surface area contributed by atoms with Crippen LogP contribution in [0, 0.1) is 0 Å². The fourth-order valence-electron chi connectivity index (χ4n) is 2.09. The van der Waals surface area contributed by atoms with Crippen LogP contribution in [0.1, 0.15) is 57.6 Å². The molecule has 3 N–H and O–H groups in total. The van der Waals surface area contributed by atoms with E-state index in [1.807, 2.05) is 12.1 Å². The Morgan fingerprint density at radius 3 is 1.91 bits per heavy atom. The monoisotopic (exact) mass is 307 g/mol. The summed E-state index contributed by atoms with van der Waals surface area (Å²) in [4.78, 5) is 23.6. The molecular formula is C17H25NO4. The summed E-state index contributed by atoms with van der Waals surface area (Å²) in [5.74, 6) is -2.54. The van der Waals surface area contributed by atoms with E-state index < -0.39 is 29.5 Å². The van der Waals surface area contributed by atoms with E-state index in [2.05, 4.69) is 13.8 Å². The normalized spacial score (nSPS) is 14.5. The Hall–Kier alpha value is -1.88. The number of carbonyl (C=O) groups is 2. The molecule has 0 aliphatic carbocycles. The van der Waals surface area contributed by atoms with E-state index in [0.29, 0.717) is 11.5 Å². The molecule has 0 radical (unpaired) electrons. The van der Waals surface area contributed by atoms with E-state index >= 15 is 0 Å². The molecule has 0 saturated carbocycles. The molecule has 0 aliphatic rings. The highest BCUT2D eigenvalue weighted by Crippen LogP contribution is 2.25. The molecule has 0 amide bonds. The van der Waals surface area contributed by atoms with Crippen molar-refractivity contribution < 1.29 is 19.4 Å². The van der Waals surface area contributed by atoms with Crippen molar-refractivity contribution in [3.8, 4) is 0 Å². The highest BCUT2D eigenvalue weighted by atomic mass is 16.6. The second-order valence-electron chi connectivity index (χ2n) is 6.70. The number of benzene rings is 1. The Kier molecular flexibility index (Phi) is 5.72. The lowest BCUT2D eigenvalue weighted by Gasteiger charge is -2.26. The van der Waals surface area contributed by atoms with Gasteiger partial charge in [0.15, 0.2) is 0 Å². The lowest BCUT2D eigenvalue weighted by molar-refractivity contribution is -0.160. The zero-order chi connectivity index (χ0) is 17.1. The van der Waals surface area contributed by atoms with Crippen LogP contribution < -0.4 is 5.73 Å². The second kappa shape index (κ2) is 6.92. The molecule has 0 fully saturated rings. The van der Waals surface area contributed by atoms with Crippen LogP contribution in [-0.2, 0) is 14.3 Å². The van der Waals surface area contributed by atoms with Crippen LogP contribution in [0.15, 0.2) is 24.3 Å². The quantitative estimate of drug-likeness (QED) is 0.816. The topological polar surface area (TPSA) is 89.6 Å². The molecule has 0 bridgehead atoms. The number of hydrogen-bond donors (Lipinski definition) is 2. The van der Waals surface area contributed by atoms with Gasteiger partial charge in [0.25, 0.3) is 0 Å². The maximum absolute atomic E-state index is 12.4. The van der Waals surface area contributed by atoms with Gasteiger partial charge in [0, 0.05) is 0 Å². The molecule has 22 heavy (non-hydrogen) atoms. The number of nitrogens with two attached hydrogens (primary N) is 1. The fourth-order valence-corrected chi connectivity index (χ4v) is 2.09. The largest absolute Gasteiger partial charge is 0.480 e. The first-order valence-electron chi connectivity index (χ1n) is 7.34. The molecule has 122 valence electrons. The van der Waals surface area contributed by atoms with Crippen LogP contribution >= 0.6 is 0 Å². The molecule has 5 nitrogen and oxygen atoms in total. The average Bonchev–Trinajstić information content (AvgIpc) is 2.37. The first-order valence-corrected chi connectivity index (χ1v) is 7.34. The summed E-state index contributed by atoms with van der Waals surface area (Å²) in [7, 11) is 0. The molecule has 0 spiro atoms. The third kappa shape index (κ3) is 4.84. The zero-order valence-electron chi connectivity index (χ0n) is 13.8. The Morgan fingerprint density at radius 2 is 1.55 bits per heavy atom. The number of hydrogen-bond acceptors (Lipinski definition) is 4. The van der Waals surface area contributed by atoms with Crippen molar-refractivity contribution in [3.05, 3.63) is 35.4 Å². The maximum Gasteiger partial charge on any atom is 0.321 e. The van der Waals surface area contributed by atoms with E-state index in [4.69, 9.17) is 10.5 Å². The van der Waals surface area contributed by atoms with Crippen LogP contribution in [-0.4, -0.2) is 28.7 Å². The van der Waals surface area contributed by atoms with Crippen molar-refractivity contribution in [2.45, 2.75) is 58.1 Å². The molecule has 1 rings (SSSR count). The van der Waals surface area contributed by atoms with Crippen molar-refractivity contribution in [1.29, 1.82) is 0 Å². The molecule has 1 aromatic carbocycles. The van der Waals surface area contributed by atoms with Gasteiger partial charge < -0.3 is 15.6 Å². The Bertz CT molecular complexity index is 529. The SMILES string of the molecule is CC(C)c1ccc([C@@H](C(=O)OC(C)(C)C)[C@@H](N)C(=O)O)cc1. The lowest BCUT2D eigenvalue weighted by atomic mass is 9.90. The molecule has 0 heterocycles. The Morgan fingerprint density at radius 1 is 1.09 bits per heavy atom. The first-order chi connectivity index (χ1) is 10.0. The van der Waals surface area contributed by atoms with Crippen LogP contribution in [0.5, 0.6) is 0 Å². The van der Waals surface area contributed by atoms with Gasteiger partial charge in [-0.3, -0.25) is 9.59 Å². The van der Waals surface area contributed by atoms with E-state index in [9.17, 15) is 14.7 Å². The van der Waals surface area contributed by atoms with Crippen molar-refractivity contribution in [2.24, 2.45) is 5.73 Å². The number of carboxylic acids is 1. The highest BCUT2D eigenvalue weighted by molar-refractivity contribution is 5.87. The van der Waals surface area contributed by atoms with Crippen molar-refractivity contribution in [2.75, 3.05) is 0 Å². The van der Waals surface area contributed by atoms with Gasteiger partial charge in [0.1, 0.15) is 17.6 Å². The Labute approximate surface area is 131 Å². The number of carboxylic acid groups (broad SMARTS) is 1. The van der Waals surface area contributed by atoms with Gasteiger partial charge in [-0.15, -0.1) is 0 Å². The van der Waals surface area contributed by atoms with E-state index in [1.165, 1.54) is 0 Å². The number of ether oxygens (including phenoxy) is 1. The summed E-state index contributed by atoms with van der Waals surface area (Å²) >= 11 is 0. The van der Waals surface area contributed by atoms with Gasteiger partial charge in [0.05, 0.1) is 0 Å². The maximum atomic E-state index is 12.4. The molecular weight excluding hydrogens is 282 g/mol. The minimum Gasteiger partial charge on any atom is -0.480 e. The predicted octanol–water partition coefficient (Wildman–Crippen LogP) is 2.65. The van der Waals surface area contributed by atoms with Crippen LogP contribution in [0.25, 0.3) is 0 Å². The summed E-state index contributed by atoms with van der Waals surface area (Å²) in [5, 5.41) is 9.17. The molecule has 0 aliphatic heterocycles.